The molecular weight excluding hydrogens is 314 g/mol. The lowest BCUT2D eigenvalue weighted by atomic mass is 9.85. The van der Waals surface area contributed by atoms with Crippen LogP contribution in [0.2, 0.25) is 0 Å². The lowest BCUT2D eigenvalue weighted by Gasteiger charge is -2.22. The molecule has 1 aromatic rings. The third kappa shape index (κ3) is 4.59. The zero-order valence-electron chi connectivity index (χ0n) is 15.7. The minimum absolute atomic E-state index is 0.597. The Labute approximate surface area is 151 Å². The summed E-state index contributed by atoms with van der Waals surface area (Å²) >= 11 is 0. The number of ether oxygens (including phenoxy) is 2. The summed E-state index contributed by atoms with van der Waals surface area (Å²) in [4.78, 5) is 4.38. The Morgan fingerprint density at radius 2 is 1.88 bits per heavy atom. The predicted molar refractivity (Wildman–Crippen MR) is 101 cm³/mol. The smallest absolute Gasteiger partial charge is 0.191 e. The Hall–Kier alpha value is -1.91. The average molecular weight is 345 g/mol. The van der Waals surface area contributed by atoms with Crippen molar-refractivity contribution < 1.29 is 9.47 Å². The molecular formula is C20H31N3O2. The number of nitrogens with zero attached hydrogens (tertiary/aromatic N) is 1. The Morgan fingerprint density at radius 1 is 1.12 bits per heavy atom. The number of benzene rings is 1. The third-order valence-electron chi connectivity index (χ3n) is 5.55. The van der Waals surface area contributed by atoms with Gasteiger partial charge in [-0.25, -0.2) is 0 Å². The van der Waals surface area contributed by atoms with Crippen LogP contribution in [0.15, 0.2) is 23.2 Å². The van der Waals surface area contributed by atoms with Crippen LogP contribution in [-0.4, -0.2) is 33.3 Å². The molecule has 2 aliphatic carbocycles. The first-order chi connectivity index (χ1) is 12.2. The van der Waals surface area contributed by atoms with Crippen LogP contribution in [0, 0.1) is 11.8 Å². The molecule has 0 heterocycles. The first-order valence-electron chi connectivity index (χ1n) is 9.43. The van der Waals surface area contributed by atoms with Gasteiger partial charge in [0, 0.05) is 19.6 Å². The normalized spacial score (nSPS) is 23.9. The van der Waals surface area contributed by atoms with Gasteiger partial charge >= 0.3 is 0 Å². The molecule has 0 aliphatic heterocycles. The minimum Gasteiger partial charge on any atom is -0.493 e. The fourth-order valence-corrected chi connectivity index (χ4v) is 4.01. The lowest BCUT2D eigenvalue weighted by Crippen LogP contribution is -2.39. The SMILES string of the molecule is CN=C(NCc1ccc(OC)c(OC)c1)NC1CC1C1CCCCC1. The van der Waals surface area contributed by atoms with E-state index in [1.54, 1.807) is 14.2 Å². The van der Waals surface area contributed by atoms with Crippen molar-refractivity contribution >= 4 is 5.96 Å². The van der Waals surface area contributed by atoms with Crippen molar-refractivity contribution in [1.82, 2.24) is 10.6 Å². The van der Waals surface area contributed by atoms with E-state index in [0.29, 0.717) is 12.6 Å². The van der Waals surface area contributed by atoms with Gasteiger partial charge in [0.05, 0.1) is 14.2 Å². The standard InChI is InChI=1S/C20H31N3O2/c1-21-20(23-17-12-16(17)15-7-5-4-6-8-15)22-13-14-9-10-18(24-2)19(11-14)25-3/h9-11,15-17H,4-8,12-13H2,1-3H3,(H2,21,22,23). The van der Waals surface area contributed by atoms with Crippen LogP contribution < -0.4 is 20.1 Å². The maximum absolute atomic E-state index is 5.37. The fraction of sp³-hybridized carbons (Fsp3) is 0.650. The molecule has 2 unspecified atom stereocenters. The van der Waals surface area contributed by atoms with Gasteiger partial charge in [-0.1, -0.05) is 38.2 Å². The monoisotopic (exact) mass is 345 g/mol. The van der Waals surface area contributed by atoms with E-state index in [0.717, 1.165) is 34.9 Å². The van der Waals surface area contributed by atoms with Gasteiger partial charge in [0.15, 0.2) is 17.5 Å². The number of guanidine groups is 1. The topological polar surface area (TPSA) is 54.9 Å². The molecule has 138 valence electrons. The zero-order valence-corrected chi connectivity index (χ0v) is 15.7. The van der Waals surface area contributed by atoms with Crippen molar-refractivity contribution in [2.24, 2.45) is 16.8 Å². The van der Waals surface area contributed by atoms with Crippen LogP contribution >= 0.6 is 0 Å². The van der Waals surface area contributed by atoms with Gasteiger partial charge < -0.3 is 20.1 Å². The van der Waals surface area contributed by atoms with Crippen molar-refractivity contribution in [1.29, 1.82) is 0 Å². The van der Waals surface area contributed by atoms with E-state index in [1.807, 2.05) is 25.2 Å². The molecule has 5 nitrogen and oxygen atoms in total. The molecule has 0 saturated heterocycles. The van der Waals surface area contributed by atoms with Gasteiger partial charge in [0.25, 0.3) is 0 Å². The van der Waals surface area contributed by atoms with E-state index < -0.39 is 0 Å². The Bertz CT molecular complexity index is 597. The van der Waals surface area contributed by atoms with Gasteiger partial charge in [0.2, 0.25) is 0 Å². The Morgan fingerprint density at radius 3 is 2.56 bits per heavy atom. The number of rotatable bonds is 6. The molecule has 0 bridgehead atoms. The Balaban J connectivity index is 1.48. The minimum atomic E-state index is 0.597. The van der Waals surface area contributed by atoms with Gasteiger partial charge in [-0.05, 0) is 36.0 Å². The second-order valence-corrected chi connectivity index (χ2v) is 7.16. The molecule has 3 rings (SSSR count). The summed E-state index contributed by atoms with van der Waals surface area (Å²) in [6.45, 7) is 0.709. The van der Waals surface area contributed by atoms with Crippen molar-refractivity contribution in [3.63, 3.8) is 0 Å². The van der Waals surface area contributed by atoms with Crippen LogP contribution in [0.25, 0.3) is 0 Å². The molecule has 1 aromatic carbocycles. The van der Waals surface area contributed by atoms with E-state index in [9.17, 15) is 0 Å². The summed E-state index contributed by atoms with van der Waals surface area (Å²) in [5.74, 6) is 4.17. The highest BCUT2D eigenvalue weighted by Crippen LogP contribution is 2.44. The molecule has 2 atom stereocenters. The van der Waals surface area contributed by atoms with Crippen LogP contribution in [0.3, 0.4) is 0 Å². The molecule has 0 spiro atoms. The quantitative estimate of drug-likeness (QED) is 0.613. The summed E-state index contributed by atoms with van der Waals surface area (Å²) in [6, 6.07) is 6.58. The van der Waals surface area contributed by atoms with Crippen molar-refractivity contribution in [2.75, 3.05) is 21.3 Å². The highest BCUT2D eigenvalue weighted by atomic mass is 16.5. The van der Waals surface area contributed by atoms with Crippen LogP contribution in [0.4, 0.5) is 0 Å². The fourth-order valence-electron chi connectivity index (χ4n) is 4.01. The number of hydrogen-bond donors (Lipinski definition) is 2. The molecule has 0 aromatic heterocycles. The summed E-state index contributed by atoms with van der Waals surface area (Å²) < 4.78 is 10.7. The predicted octanol–water partition coefficient (Wildman–Crippen LogP) is 3.34. The highest BCUT2D eigenvalue weighted by molar-refractivity contribution is 5.80. The van der Waals surface area contributed by atoms with E-state index in [1.165, 1.54) is 38.5 Å². The van der Waals surface area contributed by atoms with Gasteiger partial charge in [-0.3, -0.25) is 4.99 Å². The molecule has 5 heteroatoms. The number of nitrogens with one attached hydrogen (secondary N) is 2. The summed E-state index contributed by atoms with van der Waals surface area (Å²) in [7, 11) is 5.15. The van der Waals surface area contributed by atoms with Crippen LogP contribution in [0.5, 0.6) is 11.5 Å². The third-order valence-corrected chi connectivity index (χ3v) is 5.55. The molecule has 2 fully saturated rings. The van der Waals surface area contributed by atoms with E-state index in [4.69, 9.17) is 9.47 Å². The molecule has 2 aliphatic rings. The molecule has 2 saturated carbocycles. The maximum atomic E-state index is 5.37. The maximum Gasteiger partial charge on any atom is 0.191 e. The van der Waals surface area contributed by atoms with Gasteiger partial charge in [-0.15, -0.1) is 0 Å². The van der Waals surface area contributed by atoms with Gasteiger partial charge in [-0.2, -0.15) is 0 Å². The lowest BCUT2D eigenvalue weighted by molar-refractivity contribution is 0.315. The molecule has 25 heavy (non-hydrogen) atoms. The summed E-state index contributed by atoms with van der Waals surface area (Å²) in [6.07, 6.45) is 8.39. The number of aliphatic imine (C=N–C) groups is 1. The van der Waals surface area contributed by atoms with E-state index >= 15 is 0 Å². The van der Waals surface area contributed by atoms with Gasteiger partial charge in [0.1, 0.15) is 0 Å². The first kappa shape index (κ1) is 17.9. The highest BCUT2D eigenvalue weighted by Gasteiger charge is 2.43. The molecule has 0 radical (unpaired) electrons. The molecule has 0 amide bonds. The number of methoxy groups -OCH3 is 2. The number of hydrogen-bond acceptors (Lipinski definition) is 3. The van der Waals surface area contributed by atoms with E-state index in [-0.39, 0.29) is 0 Å². The average Bonchev–Trinajstić information content (AvgIpc) is 3.44. The van der Waals surface area contributed by atoms with E-state index in [2.05, 4.69) is 15.6 Å². The van der Waals surface area contributed by atoms with Crippen molar-refractivity contribution in [3.05, 3.63) is 23.8 Å². The first-order valence-corrected chi connectivity index (χ1v) is 9.43. The zero-order chi connectivity index (χ0) is 17.6. The Kier molecular flexibility index (Phi) is 6.05. The summed E-state index contributed by atoms with van der Waals surface area (Å²) in [5.41, 5.74) is 1.14. The largest absolute Gasteiger partial charge is 0.493 e. The second-order valence-electron chi connectivity index (χ2n) is 7.16. The van der Waals surface area contributed by atoms with Crippen molar-refractivity contribution in [2.45, 2.75) is 51.1 Å². The van der Waals surface area contributed by atoms with Crippen LogP contribution in [-0.2, 0) is 6.54 Å². The second kappa shape index (κ2) is 8.45. The van der Waals surface area contributed by atoms with Crippen LogP contribution in [0.1, 0.15) is 44.1 Å². The molecule has 2 N–H and O–H groups in total. The summed E-state index contributed by atoms with van der Waals surface area (Å²) in [5, 5.41) is 7.00. The van der Waals surface area contributed by atoms with Crippen molar-refractivity contribution in [3.8, 4) is 11.5 Å².